The highest BCUT2D eigenvalue weighted by Crippen LogP contribution is 2.37. The van der Waals surface area contributed by atoms with Gasteiger partial charge < -0.3 is 14.9 Å². The zero-order valence-electron chi connectivity index (χ0n) is 14.9. The maximum atomic E-state index is 11.2. The number of benzene rings is 2. The first-order valence-corrected chi connectivity index (χ1v) is 7.77. The number of carboxylic acid groups (broad SMARTS) is 1. The summed E-state index contributed by atoms with van der Waals surface area (Å²) in [4.78, 5) is 22.4. The minimum Gasteiger partial charge on any atom is -0.508 e. The van der Waals surface area contributed by atoms with Crippen molar-refractivity contribution in [2.75, 3.05) is 11.9 Å². The molecule has 0 radical (unpaired) electrons. The first-order chi connectivity index (χ1) is 12.0. The van der Waals surface area contributed by atoms with Gasteiger partial charge >= 0.3 is 6.09 Å². The smallest absolute Gasteiger partial charge is 0.411 e. The highest BCUT2D eigenvalue weighted by Gasteiger charge is 2.23. The molecule has 0 aromatic heterocycles. The molecule has 1 amide bonds. The fourth-order valence-electron chi connectivity index (χ4n) is 2.41. The lowest BCUT2D eigenvalue weighted by Crippen LogP contribution is -2.24. The van der Waals surface area contributed by atoms with Gasteiger partial charge in [0, 0.05) is 24.7 Å². The minimum absolute atomic E-state index is 0.102. The summed E-state index contributed by atoms with van der Waals surface area (Å²) < 4.78 is 5.72. The largest absolute Gasteiger partial charge is 0.508 e. The molecule has 0 fully saturated rings. The van der Waals surface area contributed by atoms with Crippen LogP contribution in [0, 0.1) is 10.1 Å². The van der Waals surface area contributed by atoms with Gasteiger partial charge in [-0.1, -0.05) is 20.8 Å². The van der Waals surface area contributed by atoms with Crippen molar-refractivity contribution in [1.82, 2.24) is 0 Å². The van der Waals surface area contributed by atoms with Crippen LogP contribution in [0.4, 0.5) is 16.2 Å². The summed E-state index contributed by atoms with van der Waals surface area (Å²) in [6, 6.07) is 8.61. The minimum atomic E-state index is -1.33. The molecule has 0 unspecified atom stereocenters. The van der Waals surface area contributed by atoms with E-state index in [1.54, 1.807) is 12.1 Å². The number of rotatable bonds is 4. The van der Waals surface area contributed by atoms with Crippen LogP contribution in [0.2, 0.25) is 0 Å². The van der Waals surface area contributed by atoms with E-state index in [1.807, 2.05) is 20.8 Å². The zero-order chi connectivity index (χ0) is 19.6. The molecule has 26 heavy (non-hydrogen) atoms. The van der Waals surface area contributed by atoms with Crippen LogP contribution in [0.3, 0.4) is 0 Å². The summed E-state index contributed by atoms with van der Waals surface area (Å²) in [6.45, 7) is 5.83. The highest BCUT2D eigenvalue weighted by atomic mass is 16.6. The molecule has 0 heterocycles. The van der Waals surface area contributed by atoms with Gasteiger partial charge in [-0.15, -0.1) is 0 Å². The van der Waals surface area contributed by atoms with E-state index in [1.165, 1.54) is 31.3 Å². The monoisotopic (exact) mass is 360 g/mol. The van der Waals surface area contributed by atoms with Crippen LogP contribution < -0.4 is 9.64 Å². The number of nitro groups is 1. The lowest BCUT2D eigenvalue weighted by molar-refractivity contribution is -0.384. The van der Waals surface area contributed by atoms with E-state index in [2.05, 4.69) is 0 Å². The normalized spacial score (nSPS) is 11.1. The van der Waals surface area contributed by atoms with E-state index in [0.29, 0.717) is 11.3 Å². The molecule has 2 rings (SSSR count). The molecule has 0 aliphatic heterocycles. The molecular formula is C18H20N2O6. The maximum Gasteiger partial charge on any atom is 0.411 e. The Kier molecular flexibility index (Phi) is 5.06. The number of ether oxygens (including phenoxy) is 1. The van der Waals surface area contributed by atoms with Gasteiger partial charge in [0.1, 0.15) is 22.9 Å². The van der Waals surface area contributed by atoms with E-state index in [-0.39, 0.29) is 28.3 Å². The number of anilines is 1. The average molecular weight is 360 g/mol. The molecule has 0 spiro atoms. The summed E-state index contributed by atoms with van der Waals surface area (Å²) in [7, 11) is 1.21. The molecule has 0 saturated carbocycles. The summed E-state index contributed by atoms with van der Waals surface area (Å²) in [5.41, 5.74) is -0.0777. The average Bonchev–Trinajstić information content (AvgIpc) is 2.54. The van der Waals surface area contributed by atoms with Crippen LogP contribution in [0.15, 0.2) is 36.4 Å². The van der Waals surface area contributed by atoms with Crippen LogP contribution >= 0.6 is 0 Å². The Morgan fingerprint density at radius 2 is 1.73 bits per heavy atom. The number of carbonyl (C=O) groups is 1. The van der Waals surface area contributed by atoms with Gasteiger partial charge in [0.05, 0.1) is 4.92 Å². The predicted octanol–water partition coefficient (Wildman–Crippen LogP) is 4.50. The predicted molar refractivity (Wildman–Crippen MR) is 96.4 cm³/mol. The molecule has 0 saturated heterocycles. The van der Waals surface area contributed by atoms with Gasteiger partial charge in [-0.3, -0.25) is 15.0 Å². The standard InChI is InChI=1S/C18H20N2O6/c1-18(2,3)13-9-11(6-8-16(13)21)26-12-5-7-14(20(24)25)15(10-12)19(4)17(22)23/h5-10,21H,1-4H3,(H,22,23). The molecule has 8 nitrogen and oxygen atoms in total. The summed E-state index contributed by atoms with van der Waals surface area (Å²) in [5.74, 6) is 0.801. The second kappa shape index (κ2) is 6.91. The lowest BCUT2D eigenvalue weighted by atomic mass is 9.86. The van der Waals surface area contributed by atoms with Crippen LogP contribution in [-0.2, 0) is 5.41 Å². The fraction of sp³-hybridized carbons (Fsp3) is 0.278. The molecule has 2 N–H and O–H groups in total. The Bertz CT molecular complexity index is 857. The van der Waals surface area contributed by atoms with Crippen molar-refractivity contribution in [3.8, 4) is 17.2 Å². The van der Waals surface area contributed by atoms with Crippen molar-refractivity contribution in [3.63, 3.8) is 0 Å². The van der Waals surface area contributed by atoms with Crippen molar-refractivity contribution in [3.05, 3.63) is 52.1 Å². The van der Waals surface area contributed by atoms with E-state index in [4.69, 9.17) is 9.84 Å². The second-order valence-electron chi connectivity index (χ2n) is 6.78. The molecule has 138 valence electrons. The van der Waals surface area contributed by atoms with Gasteiger partial charge in [-0.05, 0) is 29.7 Å². The molecule has 0 aliphatic rings. The third-order valence-electron chi connectivity index (χ3n) is 3.80. The Balaban J connectivity index is 2.43. The first kappa shape index (κ1) is 19.0. The number of nitro benzene ring substituents is 1. The third kappa shape index (κ3) is 4.02. The van der Waals surface area contributed by atoms with Gasteiger partial charge in [-0.25, -0.2) is 4.79 Å². The number of phenols is 1. The highest BCUT2D eigenvalue weighted by molar-refractivity contribution is 5.89. The second-order valence-corrected chi connectivity index (χ2v) is 6.78. The van der Waals surface area contributed by atoms with Crippen molar-refractivity contribution < 1.29 is 24.7 Å². The zero-order valence-corrected chi connectivity index (χ0v) is 14.9. The van der Waals surface area contributed by atoms with Crippen LogP contribution in [-0.4, -0.2) is 28.3 Å². The van der Waals surface area contributed by atoms with Gasteiger partial charge in [0.2, 0.25) is 0 Å². The Hall–Kier alpha value is -3.29. The molecule has 2 aromatic carbocycles. The quantitative estimate of drug-likeness (QED) is 0.613. The van der Waals surface area contributed by atoms with Crippen molar-refractivity contribution >= 4 is 17.5 Å². The lowest BCUT2D eigenvalue weighted by Gasteiger charge is -2.21. The van der Waals surface area contributed by atoms with E-state index < -0.39 is 11.0 Å². The Labute approximate surface area is 150 Å². The van der Waals surface area contributed by atoms with Crippen LogP contribution in [0.1, 0.15) is 26.3 Å². The van der Waals surface area contributed by atoms with Crippen molar-refractivity contribution in [2.24, 2.45) is 0 Å². The summed E-state index contributed by atoms with van der Waals surface area (Å²) in [6.07, 6.45) is -1.33. The molecule has 8 heteroatoms. The summed E-state index contributed by atoms with van der Waals surface area (Å²) >= 11 is 0. The number of hydrogen-bond acceptors (Lipinski definition) is 5. The SMILES string of the molecule is CN(C(=O)O)c1cc(Oc2ccc(O)c(C(C)(C)C)c2)ccc1[N+](=O)[O-]. The topological polar surface area (TPSA) is 113 Å². The first-order valence-electron chi connectivity index (χ1n) is 7.77. The summed E-state index contributed by atoms with van der Waals surface area (Å²) in [5, 5.41) is 30.3. The van der Waals surface area contributed by atoms with E-state index in [0.717, 1.165) is 4.90 Å². The molecule has 2 aromatic rings. The fourth-order valence-corrected chi connectivity index (χ4v) is 2.41. The third-order valence-corrected chi connectivity index (χ3v) is 3.80. The van der Waals surface area contributed by atoms with Gasteiger partial charge in [-0.2, -0.15) is 0 Å². The molecule has 0 aliphatic carbocycles. The molecule has 0 atom stereocenters. The number of aromatic hydroxyl groups is 1. The number of amides is 1. The van der Waals surface area contributed by atoms with Gasteiger partial charge in [0.25, 0.3) is 5.69 Å². The Morgan fingerprint density at radius 3 is 2.27 bits per heavy atom. The van der Waals surface area contributed by atoms with Crippen LogP contribution in [0.25, 0.3) is 0 Å². The number of nitrogens with zero attached hydrogens (tertiary/aromatic N) is 2. The Morgan fingerprint density at radius 1 is 1.15 bits per heavy atom. The van der Waals surface area contributed by atoms with Crippen LogP contribution in [0.5, 0.6) is 17.2 Å². The number of phenolic OH excluding ortho intramolecular Hbond substituents is 1. The molecule has 0 bridgehead atoms. The van der Waals surface area contributed by atoms with Gasteiger partial charge in [0.15, 0.2) is 0 Å². The van der Waals surface area contributed by atoms with Crippen molar-refractivity contribution in [2.45, 2.75) is 26.2 Å². The van der Waals surface area contributed by atoms with E-state index in [9.17, 15) is 20.0 Å². The molecular weight excluding hydrogens is 340 g/mol. The number of hydrogen-bond donors (Lipinski definition) is 2. The van der Waals surface area contributed by atoms with E-state index >= 15 is 0 Å². The maximum absolute atomic E-state index is 11.2. The van der Waals surface area contributed by atoms with Crippen molar-refractivity contribution in [1.29, 1.82) is 0 Å².